The van der Waals surface area contributed by atoms with Crippen molar-refractivity contribution in [2.75, 3.05) is 0 Å². The Kier molecular flexibility index (Phi) is 3.63. The average molecular weight is 205 g/mol. The Balaban J connectivity index is 2.74. The van der Waals surface area contributed by atoms with Crippen LogP contribution in [0, 0.1) is 5.41 Å². The van der Waals surface area contributed by atoms with E-state index in [-0.39, 0.29) is 5.41 Å². The first-order valence-corrected chi connectivity index (χ1v) is 4.74. The Morgan fingerprint density at radius 1 is 1.47 bits per heavy atom. The van der Waals surface area contributed by atoms with Gasteiger partial charge < -0.3 is 0 Å². The average Bonchev–Trinajstić information content (AvgIpc) is 2.36. The number of amides is 1. The van der Waals surface area contributed by atoms with Crippen LogP contribution in [-0.2, 0) is 4.79 Å². The van der Waals surface area contributed by atoms with Gasteiger partial charge in [0.15, 0.2) is 0 Å². The number of carbonyl (C=O) groups is 1. The number of rotatable bonds is 2. The van der Waals surface area contributed by atoms with Gasteiger partial charge in [0.2, 0.25) is 0 Å². The first kappa shape index (κ1) is 11.5. The molecule has 0 saturated carbocycles. The third-order valence-corrected chi connectivity index (χ3v) is 2.06. The molecule has 0 aromatic heterocycles. The number of hydrogen-bond donors (Lipinski definition) is 2. The topological polar surface area (TPSA) is 49.3 Å². The lowest BCUT2D eigenvalue weighted by Crippen LogP contribution is -2.14. The molecule has 80 valence electrons. The summed E-state index contributed by atoms with van der Waals surface area (Å²) in [6, 6.07) is 0. The van der Waals surface area contributed by atoms with Gasteiger partial charge in [0.1, 0.15) is 0 Å². The van der Waals surface area contributed by atoms with Crippen LogP contribution >= 0.6 is 0 Å². The molecule has 0 radical (unpaired) electrons. The Labute approximate surface area is 89.4 Å². The largest absolute Gasteiger partial charge is 0.288 e. The normalized spacial score (nSPS) is 18.7. The lowest BCUT2D eigenvalue weighted by Gasteiger charge is -2.12. The summed E-state index contributed by atoms with van der Waals surface area (Å²) in [4.78, 5) is 10.8. The number of nitrogens with one attached hydrogen (secondary N) is 1. The van der Waals surface area contributed by atoms with Gasteiger partial charge in [0.25, 0.3) is 5.91 Å². The molecule has 0 aromatic rings. The minimum absolute atomic E-state index is 0.0331. The molecule has 0 saturated heterocycles. The van der Waals surface area contributed by atoms with Gasteiger partial charge in [-0.15, -0.1) is 0 Å². The second-order valence-corrected chi connectivity index (χ2v) is 3.99. The van der Waals surface area contributed by atoms with Crippen LogP contribution in [0.1, 0.15) is 13.8 Å². The van der Waals surface area contributed by atoms with Gasteiger partial charge in [-0.25, -0.2) is 5.48 Å². The minimum Gasteiger partial charge on any atom is -0.288 e. The van der Waals surface area contributed by atoms with E-state index in [1.165, 1.54) is 6.08 Å². The third-order valence-electron chi connectivity index (χ3n) is 2.06. The fourth-order valence-electron chi connectivity index (χ4n) is 1.15. The van der Waals surface area contributed by atoms with Gasteiger partial charge in [-0.3, -0.25) is 10.0 Å². The van der Waals surface area contributed by atoms with E-state index < -0.39 is 5.91 Å². The summed E-state index contributed by atoms with van der Waals surface area (Å²) in [5, 5.41) is 8.30. The fraction of sp³-hybridized carbons (Fsp3) is 0.250. The lowest BCUT2D eigenvalue weighted by molar-refractivity contribution is -0.124. The minimum atomic E-state index is -0.531. The van der Waals surface area contributed by atoms with Crippen molar-refractivity contribution in [2.24, 2.45) is 5.41 Å². The van der Waals surface area contributed by atoms with Crippen molar-refractivity contribution in [3.05, 3.63) is 48.1 Å². The molecular weight excluding hydrogens is 190 g/mol. The van der Waals surface area contributed by atoms with Crippen LogP contribution in [0.25, 0.3) is 0 Å². The van der Waals surface area contributed by atoms with Crippen molar-refractivity contribution in [3.63, 3.8) is 0 Å². The third kappa shape index (κ3) is 3.95. The predicted octanol–water partition coefficient (Wildman–Crippen LogP) is 2.13. The summed E-state index contributed by atoms with van der Waals surface area (Å²) < 4.78 is 0. The Morgan fingerprint density at radius 3 is 2.87 bits per heavy atom. The van der Waals surface area contributed by atoms with Crippen LogP contribution in [0.3, 0.4) is 0 Å². The van der Waals surface area contributed by atoms with Gasteiger partial charge in [-0.2, -0.15) is 0 Å². The number of hydroxylamine groups is 1. The highest BCUT2D eigenvalue weighted by molar-refractivity contribution is 5.87. The molecular formula is C12H15NO2. The first-order chi connectivity index (χ1) is 7.03. The van der Waals surface area contributed by atoms with E-state index in [0.717, 1.165) is 5.57 Å². The molecule has 1 rings (SSSR count). The van der Waals surface area contributed by atoms with Crippen LogP contribution in [0.4, 0.5) is 0 Å². The first-order valence-electron chi connectivity index (χ1n) is 4.74. The van der Waals surface area contributed by atoms with Crippen LogP contribution in [0.15, 0.2) is 48.1 Å². The molecule has 1 amide bonds. The van der Waals surface area contributed by atoms with Crippen molar-refractivity contribution >= 4 is 5.91 Å². The SMILES string of the molecule is CC1(C)C=CC=C(/C=C/C(=O)NO)C=C1. The van der Waals surface area contributed by atoms with Crippen LogP contribution in [-0.4, -0.2) is 11.1 Å². The smallest absolute Gasteiger partial charge is 0.267 e. The van der Waals surface area contributed by atoms with Crippen molar-refractivity contribution in [1.29, 1.82) is 0 Å². The molecule has 0 fully saturated rings. The summed E-state index contributed by atoms with van der Waals surface area (Å²) in [7, 11) is 0. The van der Waals surface area contributed by atoms with Gasteiger partial charge in [0, 0.05) is 11.5 Å². The summed E-state index contributed by atoms with van der Waals surface area (Å²) in [6.07, 6.45) is 12.9. The zero-order chi connectivity index (χ0) is 11.3. The monoisotopic (exact) mass is 205 g/mol. The van der Waals surface area contributed by atoms with Gasteiger partial charge >= 0.3 is 0 Å². The standard InChI is InChI=1S/C12H15NO2/c1-12(2)8-3-4-10(7-9-12)5-6-11(14)13-15/h3-9,15H,1-2H3,(H,13,14)/b6-5+. The molecule has 0 atom stereocenters. The molecule has 0 aromatic carbocycles. The van der Waals surface area contributed by atoms with E-state index in [1.54, 1.807) is 11.6 Å². The fourth-order valence-corrected chi connectivity index (χ4v) is 1.15. The summed E-state index contributed by atoms with van der Waals surface area (Å²) in [5.41, 5.74) is 2.49. The highest BCUT2D eigenvalue weighted by Gasteiger charge is 2.09. The van der Waals surface area contributed by atoms with Gasteiger partial charge in [-0.05, 0) is 11.6 Å². The molecule has 0 bridgehead atoms. The molecule has 2 N–H and O–H groups in total. The zero-order valence-electron chi connectivity index (χ0n) is 8.90. The van der Waals surface area contributed by atoms with E-state index in [9.17, 15) is 4.79 Å². The van der Waals surface area contributed by atoms with Gasteiger partial charge in [-0.1, -0.05) is 44.2 Å². The second kappa shape index (κ2) is 4.75. The Morgan fingerprint density at radius 2 is 2.20 bits per heavy atom. The van der Waals surface area contributed by atoms with Crippen LogP contribution in [0.2, 0.25) is 0 Å². The highest BCUT2D eigenvalue weighted by Crippen LogP contribution is 2.22. The maximum absolute atomic E-state index is 10.8. The Bertz CT molecular complexity index is 360. The summed E-state index contributed by atoms with van der Waals surface area (Å²) >= 11 is 0. The molecule has 0 aliphatic heterocycles. The van der Waals surface area contributed by atoms with E-state index in [0.29, 0.717) is 0 Å². The van der Waals surface area contributed by atoms with E-state index in [2.05, 4.69) is 26.0 Å². The zero-order valence-corrected chi connectivity index (χ0v) is 8.90. The maximum Gasteiger partial charge on any atom is 0.267 e. The van der Waals surface area contributed by atoms with Crippen molar-refractivity contribution in [3.8, 4) is 0 Å². The summed E-state index contributed by atoms with van der Waals surface area (Å²) in [6.45, 7) is 4.20. The molecule has 0 heterocycles. The maximum atomic E-state index is 10.8. The van der Waals surface area contributed by atoms with Crippen molar-refractivity contribution in [1.82, 2.24) is 5.48 Å². The van der Waals surface area contributed by atoms with Crippen molar-refractivity contribution < 1.29 is 10.0 Å². The molecule has 1 aliphatic carbocycles. The van der Waals surface area contributed by atoms with Crippen LogP contribution < -0.4 is 5.48 Å². The summed E-state index contributed by atoms with van der Waals surface area (Å²) in [5.74, 6) is -0.531. The van der Waals surface area contributed by atoms with Gasteiger partial charge in [0.05, 0.1) is 0 Å². The van der Waals surface area contributed by atoms with E-state index in [1.807, 2.05) is 18.2 Å². The molecule has 0 spiro atoms. The molecule has 15 heavy (non-hydrogen) atoms. The van der Waals surface area contributed by atoms with Crippen molar-refractivity contribution in [2.45, 2.75) is 13.8 Å². The molecule has 3 nitrogen and oxygen atoms in total. The molecule has 1 aliphatic rings. The van der Waals surface area contributed by atoms with Crippen LogP contribution in [0.5, 0.6) is 0 Å². The van der Waals surface area contributed by atoms with E-state index in [4.69, 9.17) is 5.21 Å². The van der Waals surface area contributed by atoms with E-state index >= 15 is 0 Å². The number of carbonyl (C=O) groups excluding carboxylic acids is 1. The second-order valence-electron chi connectivity index (χ2n) is 3.99. The molecule has 3 heteroatoms. The Hall–Kier alpha value is -1.61. The lowest BCUT2D eigenvalue weighted by atomic mass is 9.93. The quantitative estimate of drug-likeness (QED) is 0.412. The highest BCUT2D eigenvalue weighted by atomic mass is 16.5. The number of allylic oxidation sites excluding steroid dienone is 7. The number of hydrogen-bond acceptors (Lipinski definition) is 2. The predicted molar refractivity (Wildman–Crippen MR) is 59.2 cm³/mol. The molecule has 0 unspecified atom stereocenters.